The summed E-state index contributed by atoms with van der Waals surface area (Å²) in [7, 11) is 1.76. The molecule has 0 saturated heterocycles. The van der Waals surface area contributed by atoms with Crippen molar-refractivity contribution in [1.29, 1.82) is 0 Å². The van der Waals surface area contributed by atoms with Gasteiger partial charge in [-0.2, -0.15) is 0 Å². The van der Waals surface area contributed by atoms with Crippen LogP contribution in [0.5, 0.6) is 0 Å². The molecule has 1 aliphatic rings. The molecule has 0 unspecified atom stereocenters. The maximum Gasteiger partial charge on any atom is 0.153 e. The van der Waals surface area contributed by atoms with E-state index in [4.69, 9.17) is 4.74 Å². The number of aliphatic imine (C=N–C) groups is 2. The highest BCUT2D eigenvalue weighted by atomic mass is 16.5. The van der Waals surface area contributed by atoms with Crippen LogP contribution in [0.1, 0.15) is 19.8 Å². The quantitative estimate of drug-likeness (QED) is 0.395. The fraction of sp³-hybridized carbons (Fsp3) is 0.500. The van der Waals surface area contributed by atoms with Crippen molar-refractivity contribution in [3.8, 4) is 0 Å². The Hall–Kier alpha value is -1.22. The molecule has 0 amide bonds. The van der Waals surface area contributed by atoms with Gasteiger partial charge in [0.25, 0.3) is 0 Å². The molecule has 0 fully saturated rings. The van der Waals surface area contributed by atoms with Crippen molar-refractivity contribution >= 4 is 12.1 Å². The fourth-order valence-corrected chi connectivity index (χ4v) is 1.33. The van der Waals surface area contributed by atoms with Gasteiger partial charge in [0.15, 0.2) is 5.84 Å². The molecule has 0 atom stereocenters. The van der Waals surface area contributed by atoms with Crippen molar-refractivity contribution in [2.75, 3.05) is 20.3 Å². The fourth-order valence-electron chi connectivity index (χ4n) is 1.33. The predicted molar refractivity (Wildman–Crippen MR) is 64.8 cm³/mol. The van der Waals surface area contributed by atoms with Crippen LogP contribution in [0.2, 0.25) is 0 Å². The van der Waals surface area contributed by atoms with Gasteiger partial charge in [0.1, 0.15) is 0 Å². The zero-order valence-corrected chi connectivity index (χ0v) is 9.44. The first-order valence-electron chi connectivity index (χ1n) is 5.32. The van der Waals surface area contributed by atoms with Crippen LogP contribution in [0.15, 0.2) is 33.8 Å². The predicted octanol–water partition coefficient (Wildman–Crippen LogP) is 2.40. The van der Waals surface area contributed by atoms with Crippen molar-refractivity contribution in [2.24, 2.45) is 9.98 Å². The minimum absolute atomic E-state index is 0.548. The third-order valence-corrected chi connectivity index (χ3v) is 2.08. The smallest absolute Gasteiger partial charge is 0.153 e. The van der Waals surface area contributed by atoms with E-state index in [-0.39, 0.29) is 0 Å². The molecule has 0 spiro atoms. The second kappa shape index (κ2) is 7.12. The Morgan fingerprint density at radius 2 is 2.40 bits per heavy atom. The number of ether oxygens (including phenoxy) is 1. The lowest BCUT2D eigenvalue weighted by atomic mass is 10.1. The minimum atomic E-state index is 0.548. The van der Waals surface area contributed by atoms with Crippen LogP contribution >= 0.6 is 0 Å². The lowest BCUT2D eigenvalue weighted by molar-refractivity contribution is 0.190. The Morgan fingerprint density at radius 1 is 1.53 bits per heavy atom. The summed E-state index contributed by atoms with van der Waals surface area (Å²) in [6, 6.07) is 0. The summed E-state index contributed by atoms with van der Waals surface area (Å²) in [5.41, 5.74) is 1.11. The molecule has 15 heavy (non-hydrogen) atoms. The summed E-state index contributed by atoms with van der Waals surface area (Å²) >= 11 is 0. The first kappa shape index (κ1) is 11.9. The van der Waals surface area contributed by atoms with E-state index < -0.39 is 0 Å². The molecule has 3 nitrogen and oxygen atoms in total. The second-order valence-corrected chi connectivity index (χ2v) is 3.16. The molecule has 1 rings (SSSR count). The molecule has 1 aliphatic carbocycles. The van der Waals surface area contributed by atoms with Crippen LogP contribution < -0.4 is 0 Å². The van der Waals surface area contributed by atoms with Crippen molar-refractivity contribution in [3.05, 3.63) is 23.8 Å². The van der Waals surface area contributed by atoms with Gasteiger partial charge in [0, 0.05) is 25.4 Å². The molecule has 0 saturated carbocycles. The number of hydrogen-bond donors (Lipinski definition) is 0. The monoisotopic (exact) mass is 206 g/mol. The van der Waals surface area contributed by atoms with E-state index in [9.17, 15) is 0 Å². The Labute approximate surface area is 91.3 Å². The summed E-state index contributed by atoms with van der Waals surface area (Å²) in [4.78, 5) is 8.44. The van der Waals surface area contributed by atoms with Crippen LogP contribution in [-0.4, -0.2) is 32.3 Å². The summed E-state index contributed by atoms with van der Waals surface area (Å²) in [5, 5.41) is 0. The van der Waals surface area contributed by atoms with Gasteiger partial charge in [-0.25, -0.2) is 4.99 Å². The lowest BCUT2D eigenvalue weighted by Gasteiger charge is -2.05. The Kier molecular flexibility index (Phi) is 5.63. The normalized spacial score (nSPS) is 17.2. The van der Waals surface area contributed by atoms with Crippen LogP contribution in [0.4, 0.5) is 0 Å². The average molecular weight is 206 g/mol. The maximum absolute atomic E-state index is 5.17. The highest BCUT2D eigenvalue weighted by Gasteiger charge is 2.02. The molecular formula is C12H18N2O. The number of nitrogens with zero attached hydrogens (tertiary/aromatic N) is 2. The SMILES string of the molecule is CCOCC=NC(=NC)C1=CCCC=C1. The number of allylic oxidation sites excluding steroid dienone is 2. The maximum atomic E-state index is 5.17. The highest BCUT2D eigenvalue weighted by Crippen LogP contribution is 2.11. The minimum Gasteiger partial charge on any atom is -0.376 e. The molecule has 3 heteroatoms. The van der Waals surface area contributed by atoms with E-state index in [0.717, 1.165) is 24.3 Å². The highest BCUT2D eigenvalue weighted by molar-refractivity contribution is 6.04. The molecule has 0 heterocycles. The molecular weight excluding hydrogens is 188 g/mol. The summed E-state index contributed by atoms with van der Waals surface area (Å²) < 4.78 is 5.17. The Bertz CT molecular complexity index is 301. The average Bonchev–Trinajstić information content (AvgIpc) is 2.30. The van der Waals surface area contributed by atoms with E-state index in [1.165, 1.54) is 0 Å². The summed E-state index contributed by atoms with van der Waals surface area (Å²) in [5.74, 6) is 0.783. The number of hydrogen-bond acceptors (Lipinski definition) is 2. The Morgan fingerprint density at radius 3 is 3.00 bits per heavy atom. The van der Waals surface area contributed by atoms with Gasteiger partial charge in [-0.05, 0) is 19.8 Å². The van der Waals surface area contributed by atoms with E-state index in [2.05, 4.69) is 28.2 Å². The zero-order chi connectivity index (χ0) is 10.9. The van der Waals surface area contributed by atoms with Gasteiger partial charge in [-0.15, -0.1) is 0 Å². The third kappa shape index (κ3) is 4.21. The van der Waals surface area contributed by atoms with Crippen molar-refractivity contribution in [3.63, 3.8) is 0 Å². The molecule has 0 aliphatic heterocycles. The molecule has 82 valence electrons. The number of amidine groups is 1. The molecule has 0 aromatic carbocycles. The van der Waals surface area contributed by atoms with Crippen LogP contribution in [0.25, 0.3) is 0 Å². The summed E-state index contributed by atoms with van der Waals surface area (Å²) in [6.07, 6.45) is 10.3. The van der Waals surface area contributed by atoms with E-state index >= 15 is 0 Å². The molecule has 0 bridgehead atoms. The van der Waals surface area contributed by atoms with E-state index in [0.29, 0.717) is 13.2 Å². The third-order valence-electron chi connectivity index (χ3n) is 2.08. The van der Waals surface area contributed by atoms with Gasteiger partial charge in [0.05, 0.1) is 6.61 Å². The van der Waals surface area contributed by atoms with Gasteiger partial charge in [-0.3, -0.25) is 4.99 Å². The van der Waals surface area contributed by atoms with E-state index in [1.807, 2.05) is 6.92 Å². The number of rotatable bonds is 4. The second-order valence-electron chi connectivity index (χ2n) is 3.16. The first-order valence-corrected chi connectivity index (χ1v) is 5.32. The van der Waals surface area contributed by atoms with Gasteiger partial charge >= 0.3 is 0 Å². The standard InChI is InChI=1S/C12H18N2O/c1-3-15-10-9-14-12(13-2)11-7-5-4-6-8-11/h5,7-9H,3-4,6,10H2,1-2H3. The van der Waals surface area contributed by atoms with Gasteiger partial charge in [0.2, 0.25) is 0 Å². The van der Waals surface area contributed by atoms with Gasteiger partial charge < -0.3 is 4.74 Å². The van der Waals surface area contributed by atoms with Crippen molar-refractivity contribution < 1.29 is 4.74 Å². The largest absolute Gasteiger partial charge is 0.376 e. The zero-order valence-electron chi connectivity index (χ0n) is 9.44. The van der Waals surface area contributed by atoms with Crippen LogP contribution in [0.3, 0.4) is 0 Å². The van der Waals surface area contributed by atoms with Crippen LogP contribution in [0, 0.1) is 0 Å². The Balaban J connectivity index is 2.53. The molecule has 0 radical (unpaired) electrons. The van der Waals surface area contributed by atoms with Gasteiger partial charge in [-0.1, -0.05) is 18.2 Å². The van der Waals surface area contributed by atoms with Crippen molar-refractivity contribution in [1.82, 2.24) is 0 Å². The van der Waals surface area contributed by atoms with Crippen molar-refractivity contribution in [2.45, 2.75) is 19.8 Å². The molecule has 0 N–H and O–H groups in total. The summed E-state index contributed by atoms with van der Waals surface area (Å²) in [6.45, 7) is 3.23. The topological polar surface area (TPSA) is 34.0 Å². The first-order chi connectivity index (χ1) is 7.38. The van der Waals surface area contributed by atoms with E-state index in [1.54, 1.807) is 13.3 Å². The molecule has 0 aromatic heterocycles. The van der Waals surface area contributed by atoms with Crippen LogP contribution in [-0.2, 0) is 4.74 Å². The molecule has 0 aromatic rings. The lowest BCUT2D eigenvalue weighted by Crippen LogP contribution is -2.02.